The molecule has 0 saturated carbocycles. The molecule has 1 aliphatic carbocycles. The van der Waals surface area contributed by atoms with E-state index in [-0.39, 0.29) is 5.78 Å². The number of nitrogens with zero attached hydrogens (tertiary/aromatic N) is 2. The van der Waals surface area contributed by atoms with Crippen LogP contribution in [0, 0.1) is 0 Å². The molecule has 0 fully saturated rings. The van der Waals surface area contributed by atoms with Gasteiger partial charge in [-0.25, -0.2) is 9.97 Å². The van der Waals surface area contributed by atoms with Gasteiger partial charge in [0.05, 0.1) is 11.3 Å². The zero-order chi connectivity index (χ0) is 13.1. The average molecular weight is 252 g/mol. The highest BCUT2D eigenvalue weighted by molar-refractivity contribution is 5.97. The molecule has 19 heavy (non-hydrogen) atoms. The first-order valence-corrected chi connectivity index (χ1v) is 6.75. The zero-order valence-electron chi connectivity index (χ0n) is 10.8. The lowest BCUT2D eigenvalue weighted by Crippen LogP contribution is -2.07. The van der Waals surface area contributed by atoms with Gasteiger partial charge >= 0.3 is 0 Å². The van der Waals surface area contributed by atoms with Crippen LogP contribution in [0.1, 0.15) is 46.7 Å². The third kappa shape index (κ3) is 2.70. The highest BCUT2D eigenvalue weighted by atomic mass is 16.1. The van der Waals surface area contributed by atoms with E-state index in [4.69, 9.17) is 0 Å². The standard InChI is InChI=1S/C16H16N2O/c19-15-9-5-4-8-14-13(15)11-17-16(18-14)10-12-6-2-1-3-7-12/h1-3,6-7,11H,4-5,8-10H2. The summed E-state index contributed by atoms with van der Waals surface area (Å²) in [4.78, 5) is 20.8. The third-order valence-corrected chi connectivity index (χ3v) is 3.49. The second-order valence-corrected chi connectivity index (χ2v) is 4.94. The Hall–Kier alpha value is -2.03. The van der Waals surface area contributed by atoms with E-state index < -0.39 is 0 Å². The Labute approximate surface area is 112 Å². The molecule has 2 aromatic rings. The maximum atomic E-state index is 11.9. The number of aromatic nitrogens is 2. The number of carbonyl (C=O) groups is 1. The van der Waals surface area contributed by atoms with Crippen molar-refractivity contribution in [2.24, 2.45) is 0 Å². The Kier molecular flexibility index (Phi) is 3.36. The Balaban J connectivity index is 1.89. The number of hydrogen-bond donors (Lipinski definition) is 0. The molecule has 1 heterocycles. The predicted molar refractivity (Wildman–Crippen MR) is 73.2 cm³/mol. The van der Waals surface area contributed by atoms with Crippen molar-refractivity contribution in [3.63, 3.8) is 0 Å². The van der Waals surface area contributed by atoms with Gasteiger partial charge in [0.1, 0.15) is 5.82 Å². The number of ketones is 1. The smallest absolute Gasteiger partial charge is 0.166 e. The van der Waals surface area contributed by atoms with Gasteiger partial charge < -0.3 is 0 Å². The highest BCUT2D eigenvalue weighted by Crippen LogP contribution is 2.19. The van der Waals surface area contributed by atoms with Gasteiger partial charge in [0, 0.05) is 19.0 Å². The maximum absolute atomic E-state index is 11.9. The summed E-state index contributed by atoms with van der Waals surface area (Å²) in [6.45, 7) is 0. The third-order valence-electron chi connectivity index (χ3n) is 3.49. The summed E-state index contributed by atoms with van der Waals surface area (Å²) in [6.07, 6.45) is 5.97. The van der Waals surface area contributed by atoms with Gasteiger partial charge in [-0.3, -0.25) is 4.79 Å². The molecule has 0 atom stereocenters. The second kappa shape index (κ2) is 5.31. The first kappa shape index (κ1) is 12.0. The molecule has 0 N–H and O–H groups in total. The molecule has 3 rings (SSSR count). The van der Waals surface area contributed by atoms with E-state index in [1.807, 2.05) is 18.2 Å². The van der Waals surface area contributed by atoms with Crippen LogP contribution in [0.25, 0.3) is 0 Å². The minimum atomic E-state index is 0.193. The van der Waals surface area contributed by atoms with Crippen LogP contribution < -0.4 is 0 Å². The lowest BCUT2D eigenvalue weighted by atomic mass is 10.1. The number of fused-ring (bicyclic) bond motifs is 1. The molecule has 1 aromatic heterocycles. The fourth-order valence-corrected chi connectivity index (χ4v) is 2.46. The molecule has 1 aliphatic rings. The van der Waals surface area contributed by atoms with E-state index in [1.165, 1.54) is 5.56 Å². The van der Waals surface area contributed by atoms with Crippen molar-refractivity contribution in [1.82, 2.24) is 9.97 Å². The predicted octanol–water partition coefficient (Wildman–Crippen LogP) is 2.98. The monoisotopic (exact) mass is 252 g/mol. The molecule has 0 saturated heterocycles. The van der Waals surface area contributed by atoms with Crippen LogP contribution in [0.3, 0.4) is 0 Å². The highest BCUT2D eigenvalue weighted by Gasteiger charge is 2.17. The van der Waals surface area contributed by atoms with Crippen molar-refractivity contribution in [3.8, 4) is 0 Å². The topological polar surface area (TPSA) is 42.9 Å². The number of Topliss-reactive ketones (excluding diaryl/α,β-unsaturated/α-hetero) is 1. The van der Waals surface area contributed by atoms with Crippen molar-refractivity contribution >= 4 is 5.78 Å². The van der Waals surface area contributed by atoms with Crippen molar-refractivity contribution < 1.29 is 4.79 Å². The Bertz CT molecular complexity index is 593. The van der Waals surface area contributed by atoms with Crippen molar-refractivity contribution in [3.05, 3.63) is 59.2 Å². The van der Waals surface area contributed by atoms with Gasteiger partial charge in [-0.1, -0.05) is 30.3 Å². The number of benzene rings is 1. The lowest BCUT2D eigenvalue weighted by Gasteiger charge is -2.06. The van der Waals surface area contributed by atoms with Crippen LogP contribution in [0.2, 0.25) is 0 Å². The lowest BCUT2D eigenvalue weighted by molar-refractivity contribution is 0.0981. The number of aryl methyl sites for hydroxylation is 1. The molecular formula is C16H16N2O. The van der Waals surface area contributed by atoms with Crippen LogP contribution in [-0.2, 0) is 12.8 Å². The minimum absolute atomic E-state index is 0.193. The van der Waals surface area contributed by atoms with Crippen LogP contribution in [-0.4, -0.2) is 15.8 Å². The second-order valence-electron chi connectivity index (χ2n) is 4.94. The van der Waals surface area contributed by atoms with Crippen molar-refractivity contribution in [1.29, 1.82) is 0 Å². The zero-order valence-corrected chi connectivity index (χ0v) is 10.8. The summed E-state index contributed by atoms with van der Waals surface area (Å²) in [7, 11) is 0. The summed E-state index contributed by atoms with van der Waals surface area (Å²) in [5, 5.41) is 0. The van der Waals surface area contributed by atoms with E-state index in [1.54, 1.807) is 6.20 Å². The van der Waals surface area contributed by atoms with Crippen LogP contribution in [0.4, 0.5) is 0 Å². The van der Waals surface area contributed by atoms with Gasteiger partial charge in [-0.2, -0.15) is 0 Å². The van der Waals surface area contributed by atoms with Gasteiger partial charge in [0.25, 0.3) is 0 Å². The summed E-state index contributed by atoms with van der Waals surface area (Å²) < 4.78 is 0. The number of carbonyl (C=O) groups excluding carboxylic acids is 1. The Morgan fingerprint density at radius 1 is 1.05 bits per heavy atom. The summed E-state index contributed by atoms with van der Waals surface area (Å²) in [5.41, 5.74) is 2.86. The Morgan fingerprint density at radius 3 is 2.68 bits per heavy atom. The summed E-state index contributed by atoms with van der Waals surface area (Å²) in [5.74, 6) is 0.999. The first-order chi connectivity index (χ1) is 9.33. The number of rotatable bonds is 2. The molecule has 0 unspecified atom stereocenters. The van der Waals surface area contributed by atoms with Crippen molar-refractivity contribution in [2.45, 2.75) is 32.1 Å². The number of hydrogen-bond acceptors (Lipinski definition) is 3. The van der Waals surface area contributed by atoms with Gasteiger partial charge in [0.2, 0.25) is 0 Å². The largest absolute Gasteiger partial charge is 0.294 e. The normalized spacial score (nSPS) is 14.8. The van der Waals surface area contributed by atoms with E-state index in [0.717, 1.165) is 42.8 Å². The van der Waals surface area contributed by atoms with E-state index in [0.29, 0.717) is 6.42 Å². The van der Waals surface area contributed by atoms with Crippen LogP contribution in [0.15, 0.2) is 36.5 Å². The molecule has 0 radical (unpaired) electrons. The van der Waals surface area contributed by atoms with Gasteiger partial charge in [-0.15, -0.1) is 0 Å². The molecule has 3 heteroatoms. The summed E-state index contributed by atoms with van der Waals surface area (Å²) >= 11 is 0. The average Bonchev–Trinajstić information content (AvgIpc) is 2.62. The van der Waals surface area contributed by atoms with Crippen LogP contribution >= 0.6 is 0 Å². The molecule has 0 amide bonds. The maximum Gasteiger partial charge on any atom is 0.166 e. The van der Waals surface area contributed by atoms with E-state index in [2.05, 4.69) is 22.1 Å². The van der Waals surface area contributed by atoms with E-state index >= 15 is 0 Å². The fraction of sp³-hybridized carbons (Fsp3) is 0.312. The SMILES string of the molecule is O=C1CCCCc2nc(Cc3ccccc3)ncc21. The molecule has 96 valence electrons. The van der Waals surface area contributed by atoms with E-state index in [9.17, 15) is 4.79 Å². The quantitative estimate of drug-likeness (QED) is 0.772. The molecule has 3 nitrogen and oxygen atoms in total. The molecule has 0 bridgehead atoms. The van der Waals surface area contributed by atoms with Crippen LogP contribution in [0.5, 0.6) is 0 Å². The summed E-state index contributed by atoms with van der Waals surface area (Å²) in [6, 6.07) is 10.2. The fourth-order valence-electron chi connectivity index (χ4n) is 2.46. The molecule has 1 aromatic carbocycles. The molecular weight excluding hydrogens is 236 g/mol. The van der Waals surface area contributed by atoms with Crippen molar-refractivity contribution in [2.75, 3.05) is 0 Å². The Morgan fingerprint density at radius 2 is 1.84 bits per heavy atom. The van der Waals surface area contributed by atoms with Gasteiger partial charge in [0.15, 0.2) is 5.78 Å². The molecule has 0 spiro atoms. The van der Waals surface area contributed by atoms with Gasteiger partial charge in [-0.05, 0) is 24.8 Å². The minimum Gasteiger partial charge on any atom is -0.294 e. The molecule has 0 aliphatic heterocycles. The first-order valence-electron chi connectivity index (χ1n) is 6.75.